The predicted molar refractivity (Wildman–Crippen MR) is 114 cm³/mol. The SMILES string of the molecule is Cc1ccc2[nH]nc(-c3cn(-c4ccc(CN5CCN(C)CC5)cc4)nn3)c2c1. The highest BCUT2D eigenvalue weighted by molar-refractivity contribution is 5.92. The topological polar surface area (TPSA) is 65.9 Å². The van der Waals surface area contributed by atoms with Crippen molar-refractivity contribution in [1.82, 2.24) is 35.0 Å². The standard InChI is InChI=1S/C22H25N7/c1-16-3-8-20-19(13-16)22(25-23-20)21-15-29(26-24-21)18-6-4-17(5-7-18)14-28-11-9-27(2)10-12-28/h3-8,13,15H,9-12,14H2,1-2H3,(H,23,25). The van der Waals surface area contributed by atoms with Crippen molar-refractivity contribution in [3.8, 4) is 17.1 Å². The van der Waals surface area contributed by atoms with E-state index >= 15 is 0 Å². The number of nitrogens with zero attached hydrogens (tertiary/aromatic N) is 6. The Balaban J connectivity index is 1.34. The maximum Gasteiger partial charge on any atom is 0.134 e. The molecule has 7 heteroatoms. The Morgan fingerprint density at radius 3 is 2.59 bits per heavy atom. The van der Waals surface area contributed by atoms with E-state index in [4.69, 9.17) is 0 Å². The number of fused-ring (bicyclic) bond motifs is 1. The minimum Gasteiger partial charge on any atom is -0.304 e. The first-order valence-corrected chi connectivity index (χ1v) is 10.0. The van der Waals surface area contributed by atoms with Gasteiger partial charge in [0.05, 0.1) is 17.4 Å². The molecule has 0 radical (unpaired) electrons. The molecule has 0 aliphatic carbocycles. The number of likely N-dealkylation sites (N-methyl/N-ethyl adjacent to an activating group) is 1. The highest BCUT2D eigenvalue weighted by atomic mass is 15.4. The number of aryl methyl sites for hydroxylation is 1. The van der Waals surface area contributed by atoms with Gasteiger partial charge in [0.2, 0.25) is 0 Å². The van der Waals surface area contributed by atoms with Gasteiger partial charge in [-0.15, -0.1) is 5.10 Å². The van der Waals surface area contributed by atoms with E-state index in [1.165, 1.54) is 11.1 Å². The van der Waals surface area contributed by atoms with E-state index in [2.05, 4.69) is 80.7 Å². The number of hydrogen-bond donors (Lipinski definition) is 1. The highest BCUT2D eigenvalue weighted by Crippen LogP contribution is 2.26. The molecule has 0 bridgehead atoms. The molecule has 1 N–H and O–H groups in total. The average Bonchev–Trinajstić information content (AvgIpc) is 3.37. The van der Waals surface area contributed by atoms with E-state index in [-0.39, 0.29) is 0 Å². The van der Waals surface area contributed by atoms with Crippen LogP contribution in [0.4, 0.5) is 0 Å². The zero-order chi connectivity index (χ0) is 19.8. The first-order valence-electron chi connectivity index (χ1n) is 10.0. The van der Waals surface area contributed by atoms with Gasteiger partial charge < -0.3 is 4.90 Å². The van der Waals surface area contributed by atoms with E-state index in [0.29, 0.717) is 0 Å². The van der Waals surface area contributed by atoms with Crippen LogP contribution in [0.5, 0.6) is 0 Å². The van der Waals surface area contributed by atoms with Crippen LogP contribution in [-0.4, -0.2) is 68.2 Å². The van der Waals surface area contributed by atoms with Crippen LogP contribution in [0.25, 0.3) is 28.0 Å². The lowest BCUT2D eigenvalue weighted by molar-refractivity contribution is 0.148. The van der Waals surface area contributed by atoms with Crippen molar-refractivity contribution >= 4 is 10.9 Å². The molecule has 1 aliphatic rings. The van der Waals surface area contributed by atoms with Gasteiger partial charge in [0, 0.05) is 38.1 Å². The molecule has 2 aromatic heterocycles. The number of H-pyrrole nitrogens is 1. The number of aromatic amines is 1. The molecule has 0 atom stereocenters. The molecule has 1 saturated heterocycles. The molecule has 3 heterocycles. The number of rotatable bonds is 4. The third kappa shape index (κ3) is 3.66. The van der Waals surface area contributed by atoms with Gasteiger partial charge in [-0.2, -0.15) is 5.10 Å². The van der Waals surface area contributed by atoms with Gasteiger partial charge in [-0.3, -0.25) is 10.00 Å². The summed E-state index contributed by atoms with van der Waals surface area (Å²) in [6, 6.07) is 14.8. The van der Waals surface area contributed by atoms with Gasteiger partial charge in [-0.1, -0.05) is 29.0 Å². The summed E-state index contributed by atoms with van der Waals surface area (Å²) in [5.41, 5.74) is 6.14. The second-order valence-electron chi connectivity index (χ2n) is 7.92. The lowest BCUT2D eigenvalue weighted by Crippen LogP contribution is -2.43. The van der Waals surface area contributed by atoms with Crippen molar-refractivity contribution in [3.05, 3.63) is 59.8 Å². The molecule has 1 fully saturated rings. The van der Waals surface area contributed by atoms with Crippen LogP contribution in [0.3, 0.4) is 0 Å². The smallest absolute Gasteiger partial charge is 0.134 e. The highest BCUT2D eigenvalue weighted by Gasteiger charge is 2.15. The Kier molecular flexibility index (Phi) is 4.61. The van der Waals surface area contributed by atoms with E-state index < -0.39 is 0 Å². The molecule has 2 aromatic carbocycles. The summed E-state index contributed by atoms with van der Waals surface area (Å²) in [6.45, 7) is 7.61. The number of benzene rings is 2. The molecule has 4 aromatic rings. The zero-order valence-electron chi connectivity index (χ0n) is 16.8. The second-order valence-corrected chi connectivity index (χ2v) is 7.92. The fraction of sp³-hybridized carbons (Fsp3) is 0.318. The molecule has 0 amide bonds. The fourth-order valence-electron chi connectivity index (χ4n) is 3.84. The molecule has 0 unspecified atom stereocenters. The minimum absolute atomic E-state index is 0.767. The van der Waals surface area contributed by atoms with Gasteiger partial charge in [0.25, 0.3) is 0 Å². The van der Waals surface area contributed by atoms with Crippen molar-refractivity contribution in [2.75, 3.05) is 33.2 Å². The van der Waals surface area contributed by atoms with Crippen LogP contribution in [-0.2, 0) is 6.54 Å². The van der Waals surface area contributed by atoms with Crippen LogP contribution in [0.2, 0.25) is 0 Å². The van der Waals surface area contributed by atoms with E-state index in [0.717, 1.165) is 60.7 Å². The average molecular weight is 387 g/mol. The molecule has 1 aliphatic heterocycles. The second kappa shape index (κ2) is 7.42. The molecule has 29 heavy (non-hydrogen) atoms. The Morgan fingerprint density at radius 2 is 1.79 bits per heavy atom. The van der Waals surface area contributed by atoms with Gasteiger partial charge in [-0.05, 0) is 43.8 Å². The van der Waals surface area contributed by atoms with Crippen molar-refractivity contribution < 1.29 is 0 Å². The molecule has 7 nitrogen and oxygen atoms in total. The lowest BCUT2D eigenvalue weighted by Gasteiger charge is -2.32. The normalized spacial score (nSPS) is 15.9. The summed E-state index contributed by atoms with van der Waals surface area (Å²) < 4.78 is 1.81. The molecular formula is C22H25N7. The monoisotopic (exact) mass is 387 g/mol. The van der Waals surface area contributed by atoms with E-state index in [1.54, 1.807) is 0 Å². The van der Waals surface area contributed by atoms with Crippen LogP contribution >= 0.6 is 0 Å². The summed E-state index contributed by atoms with van der Waals surface area (Å²) in [7, 11) is 2.19. The maximum absolute atomic E-state index is 4.45. The molecule has 0 spiro atoms. The Morgan fingerprint density at radius 1 is 1.00 bits per heavy atom. The van der Waals surface area contributed by atoms with Gasteiger partial charge in [0.15, 0.2) is 0 Å². The Hall–Kier alpha value is -3.03. The first-order chi connectivity index (χ1) is 14.2. The summed E-state index contributed by atoms with van der Waals surface area (Å²) in [5, 5.41) is 17.3. The van der Waals surface area contributed by atoms with Crippen molar-refractivity contribution in [2.45, 2.75) is 13.5 Å². The largest absolute Gasteiger partial charge is 0.304 e. The van der Waals surface area contributed by atoms with Gasteiger partial charge in [0.1, 0.15) is 11.4 Å². The van der Waals surface area contributed by atoms with Gasteiger partial charge in [-0.25, -0.2) is 4.68 Å². The van der Waals surface area contributed by atoms with Gasteiger partial charge >= 0.3 is 0 Å². The maximum atomic E-state index is 4.45. The summed E-state index contributed by atoms with van der Waals surface area (Å²) >= 11 is 0. The third-order valence-electron chi connectivity index (χ3n) is 5.66. The van der Waals surface area contributed by atoms with Crippen molar-refractivity contribution in [1.29, 1.82) is 0 Å². The van der Waals surface area contributed by atoms with Crippen LogP contribution in [0, 0.1) is 6.92 Å². The third-order valence-corrected chi connectivity index (χ3v) is 5.66. The Bertz CT molecular complexity index is 1120. The summed E-state index contributed by atoms with van der Waals surface area (Å²) in [6.07, 6.45) is 1.94. The van der Waals surface area contributed by atoms with E-state index in [1.807, 2.05) is 16.9 Å². The van der Waals surface area contributed by atoms with Crippen molar-refractivity contribution in [3.63, 3.8) is 0 Å². The number of hydrogen-bond acceptors (Lipinski definition) is 5. The Labute approximate surface area is 169 Å². The fourth-order valence-corrected chi connectivity index (χ4v) is 3.84. The molecule has 0 saturated carbocycles. The summed E-state index contributed by atoms with van der Waals surface area (Å²) in [5.74, 6) is 0. The number of nitrogens with one attached hydrogen (secondary N) is 1. The lowest BCUT2D eigenvalue weighted by atomic mass is 10.1. The zero-order valence-corrected chi connectivity index (χ0v) is 16.8. The van der Waals surface area contributed by atoms with Crippen LogP contribution in [0.1, 0.15) is 11.1 Å². The molecule has 5 rings (SSSR count). The summed E-state index contributed by atoms with van der Waals surface area (Å²) in [4.78, 5) is 4.89. The first kappa shape index (κ1) is 18.0. The van der Waals surface area contributed by atoms with Crippen LogP contribution in [0.15, 0.2) is 48.7 Å². The molecule has 148 valence electrons. The quantitative estimate of drug-likeness (QED) is 0.583. The molecular weight excluding hydrogens is 362 g/mol. The van der Waals surface area contributed by atoms with E-state index in [9.17, 15) is 0 Å². The predicted octanol–water partition coefficient (Wildman–Crippen LogP) is 2.87. The number of piperazine rings is 1. The van der Waals surface area contributed by atoms with Crippen molar-refractivity contribution in [2.24, 2.45) is 0 Å². The number of aromatic nitrogens is 5. The van der Waals surface area contributed by atoms with Crippen LogP contribution < -0.4 is 0 Å². The minimum atomic E-state index is 0.767.